The van der Waals surface area contributed by atoms with Crippen LogP contribution < -0.4 is 5.73 Å². The van der Waals surface area contributed by atoms with Crippen LogP contribution in [0.5, 0.6) is 0 Å². The van der Waals surface area contributed by atoms with Crippen molar-refractivity contribution in [3.63, 3.8) is 0 Å². The zero-order valence-corrected chi connectivity index (χ0v) is 29.5. The van der Waals surface area contributed by atoms with Gasteiger partial charge in [-0.05, 0) is 74.8 Å². The van der Waals surface area contributed by atoms with Gasteiger partial charge < -0.3 is 19.7 Å². The van der Waals surface area contributed by atoms with Crippen LogP contribution in [0, 0.1) is 33.0 Å². The molecule has 0 amide bonds. The van der Waals surface area contributed by atoms with Crippen LogP contribution in [-0.2, 0) is 19.1 Å². The van der Waals surface area contributed by atoms with Gasteiger partial charge in [0.05, 0.1) is 38.6 Å². The number of esters is 2. The fourth-order valence-corrected chi connectivity index (χ4v) is 5.71. The number of carbonyl (C=O) groups excluding carboxylic acids is 2. The lowest BCUT2D eigenvalue weighted by molar-refractivity contribution is -0.870. The fourth-order valence-electron chi connectivity index (χ4n) is 5.71. The second-order valence-corrected chi connectivity index (χ2v) is 15.3. The lowest BCUT2D eigenvalue weighted by Gasteiger charge is -2.58. The van der Waals surface area contributed by atoms with E-state index < -0.39 is 16.2 Å². The van der Waals surface area contributed by atoms with E-state index in [4.69, 9.17) is 9.47 Å². The number of benzene rings is 1. The Balaban J connectivity index is 0.00000781. The Hall–Kier alpha value is -1.92. The monoisotopic (exact) mass is 577 g/mol. The standard InChI is InChI=1S/C34H60NO4.CH5N/c1-16-38-28(36)32(8,9)30(4,5)24-27(26-20-18-17-19-21-26)31(6,7)33(10,11)34(12,25(2)3)29(37)39-23-22-35(13,14)15;1-2/h17-21,25,27H,16,22-24H2,1-15H3;2H2,1H3/q+1;. The van der Waals surface area contributed by atoms with Crippen molar-refractivity contribution in [2.45, 2.75) is 95.4 Å². The van der Waals surface area contributed by atoms with Crippen LogP contribution in [-0.4, -0.2) is 64.4 Å². The number of nitrogens with two attached hydrogens (primary N) is 1. The molecule has 1 aromatic rings. The van der Waals surface area contributed by atoms with Gasteiger partial charge >= 0.3 is 11.9 Å². The Labute approximate surface area is 253 Å². The van der Waals surface area contributed by atoms with Gasteiger partial charge in [-0.1, -0.05) is 85.7 Å². The van der Waals surface area contributed by atoms with E-state index in [1.54, 1.807) is 0 Å². The first-order valence-corrected chi connectivity index (χ1v) is 15.3. The molecule has 0 saturated carbocycles. The first-order valence-electron chi connectivity index (χ1n) is 15.3. The van der Waals surface area contributed by atoms with E-state index in [-0.39, 0.29) is 34.6 Å². The molecule has 6 heteroatoms. The van der Waals surface area contributed by atoms with Crippen LogP contribution in [0.2, 0.25) is 0 Å². The number of ether oxygens (including phenoxy) is 2. The van der Waals surface area contributed by atoms with Gasteiger partial charge in [0.15, 0.2) is 0 Å². The Bertz CT molecular complexity index is 958. The molecule has 0 spiro atoms. The van der Waals surface area contributed by atoms with Crippen molar-refractivity contribution in [1.29, 1.82) is 0 Å². The maximum atomic E-state index is 14.0. The van der Waals surface area contributed by atoms with Crippen LogP contribution in [0.4, 0.5) is 0 Å². The summed E-state index contributed by atoms with van der Waals surface area (Å²) in [4.78, 5) is 27.1. The van der Waals surface area contributed by atoms with E-state index in [0.29, 0.717) is 13.2 Å². The predicted octanol–water partition coefficient (Wildman–Crippen LogP) is 7.31. The third-order valence-electron chi connectivity index (χ3n) is 10.7. The summed E-state index contributed by atoms with van der Waals surface area (Å²) in [5, 5.41) is 0. The molecule has 2 atom stereocenters. The molecule has 0 aliphatic carbocycles. The normalized spacial score (nSPS) is 15.4. The minimum absolute atomic E-state index is 0.0591. The van der Waals surface area contributed by atoms with E-state index >= 15 is 0 Å². The third kappa shape index (κ3) is 8.56. The van der Waals surface area contributed by atoms with Crippen LogP contribution in [0.3, 0.4) is 0 Å². The molecular formula is C35H65N2O4+. The van der Waals surface area contributed by atoms with Crippen LogP contribution in [0.15, 0.2) is 30.3 Å². The van der Waals surface area contributed by atoms with Gasteiger partial charge in [0, 0.05) is 0 Å². The number of hydrogen-bond donors (Lipinski definition) is 1. The summed E-state index contributed by atoms with van der Waals surface area (Å²) < 4.78 is 12.3. The van der Waals surface area contributed by atoms with E-state index in [9.17, 15) is 9.59 Å². The Morgan fingerprint density at radius 1 is 0.829 bits per heavy atom. The van der Waals surface area contributed by atoms with Crippen LogP contribution in [0.25, 0.3) is 0 Å². The Morgan fingerprint density at radius 2 is 1.32 bits per heavy atom. The second-order valence-electron chi connectivity index (χ2n) is 15.3. The third-order valence-corrected chi connectivity index (χ3v) is 10.7. The van der Waals surface area contributed by atoms with Crippen molar-refractivity contribution >= 4 is 11.9 Å². The van der Waals surface area contributed by atoms with Crippen LogP contribution >= 0.6 is 0 Å². The lowest BCUT2D eigenvalue weighted by Crippen LogP contribution is -2.56. The highest BCUT2D eigenvalue weighted by atomic mass is 16.5. The Kier molecular flexibility index (Phi) is 13.8. The number of nitrogens with zero attached hydrogens (tertiary/aromatic N) is 1. The Morgan fingerprint density at radius 3 is 1.73 bits per heavy atom. The quantitative estimate of drug-likeness (QED) is 0.185. The zero-order valence-electron chi connectivity index (χ0n) is 29.5. The molecule has 0 heterocycles. The van der Waals surface area contributed by atoms with Gasteiger partial charge in [0.2, 0.25) is 0 Å². The second kappa shape index (κ2) is 14.5. The highest BCUT2D eigenvalue weighted by molar-refractivity contribution is 5.78. The van der Waals surface area contributed by atoms with E-state index in [2.05, 4.69) is 113 Å². The molecular weight excluding hydrogens is 512 g/mol. The summed E-state index contributed by atoms with van der Waals surface area (Å²) >= 11 is 0. The smallest absolute Gasteiger partial charge is 0.312 e. The summed E-state index contributed by atoms with van der Waals surface area (Å²) in [6.07, 6.45) is 0.754. The lowest BCUT2D eigenvalue weighted by atomic mass is 9.45. The van der Waals surface area contributed by atoms with Gasteiger partial charge in [-0.15, -0.1) is 0 Å². The molecule has 0 aliphatic heterocycles. The highest BCUT2D eigenvalue weighted by Crippen LogP contribution is 2.63. The number of carbonyl (C=O) groups is 2. The van der Waals surface area contributed by atoms with E-state index in [1.807, 2.05) is 26.8 Å². The number of hydrogen-bond acceptors (Lipinski definition) is 5. The maximum absolute atomic E-state index is 14.0. The summed E-state index contributed by atoms with van der Waals surface area (Å²) in [5.74, 6) is -0.188. The molecule has 2 unspecified atom stereocenters. The first-order chi connectivity index (χ1) is 18.5. The van der Waals surface area contributed by atoms with E-state index in [1.165, 1.54) is 12.6 Å². The topological polar surface area (TPSA) is 78.6 Å². The molecule has 0 aliphatic rings. The highest BCUT2D eigenvalue weighted by Gasteiger charge is 2.60. The molecule has 6 nitrogen and oxygen atoms in total. The van der Waals surface area contributed by atoms with Crippen molar-refractivity contribution < 1.29 is 23.5 Å². The molecule has 41 heavy (non-hydrogen) atoms. The molecule has 0 bridgehead atoms. The molecule has 0 fully saturated rings. The number of quaternary nitrogens is 1. The van der Waals surface area contributed by atoms with Gasteiger partial charge in [0.1, 0.15) is 13.2 Å². The molecule has 0 aromatic heterocycles. The SMILES string of the molecule is CCOC(=O)C(C)(C)C(C)(C)CC(c1ccccc1)C(C)(C)C(C)(C)C(C)(C(=O)OCC[N+](C)(C)C)C(C)C.CN. The summed E-state index contributed by atoms with van der Waals surface area (Å²) in [5.41, 5.74) is 3.08. The average molecular weight is 578 g/mol. The molecule has 1 aromatic carbocycles. The summed E-state index contributed by atoms with van der Waals surface area (Å²) in [7, 11) is 7.81. The van der Waals surface area contributed by atoms with Crippen molar-refractivity contribution in [3.8, 4) is 0 Å². The minimum atomic E-state index is -0.741. The van der Waals surface area contributed by atoms with Gasteiger partial charge in [-0.2, -0.15) is 0 Å². The van der Waals surface area contributed by atoms with Gasteiger partial charge in [0.25, 0.3) is 0 Å². The maximum Gasteiger partial charge on any atom is 0.312 e. The molecule has 1 rings (SSSR count). The zero-order chi connectivity index (χ0) is 32.7. The van der Waals surface area contributed by atoms with Crippen LogP contribution in [0.1, 0.15) is 101 Å². The van der Waals surface area contributed by atoms with Crippen molar-refractivity contribution in [2.75, 3.05) is 47.9 Å². The average Bonchev–Trinajstić information content (AvgIpc) is 2.87. The van der Waals surface area contributed by atoms with E-state index in [0.717, 1.165) is 17.4 Å². The van der Waals surface area contributed by atoms with Crippen molar-refractivity contribution in [3.05, 3.63) is 35.9 Å². The fraction of sp³-hybridized carbons (Fsp3) is 0.771. The van der Waals surface area contributed by atoms with Gasteiger partial charge in [-0.25, -0.2) is 0 Å². The largest absolute Gasteiger partial charge is 0.466 e. The van der Waals surface area contributed by atoms with Crippen molar-refractivity contribution in [2.24, 2.45) is 38.7 Å². The molecule has 238 valence electrons. The molecule has 0 saturated heterocycles. The van der Waals surface area contributed by atoms with Gasteiger partial charge in [-0.3, -0.25) is 9.59 Å². The van der Waals surface area contributed by atoms with Crippen molar-refractivity contribution in [1.82, 2.24) is 0 Å². The summed E-state index contributed by atoms with van der Waals surface area (Å²) in [6, 6.07) is 10.6. The molecule has 0 radical (unpaired) electrons. The minimum Gasteiger partial charge on any atom is -0.466 e. The molecule has 2 N–H and O–H groups in total. The number of likely N-dealkylation sites (N-methyl/N-ethyl adjacent to an activating group) is 1. The predicted molar refractivity (Wildman–Crippen MR) is 172 cm³/mol. The first kappa shape index (κ1) is 39.1. The summed E-state index contributed by atoms with van der Waals surface area (Å²) in [6.45, 7) is 27.1. The number of rotatable bonds is 14.